The number of aliphatic hydroxyl groups is 1. The molecule has 2 rings (SSSR count). The molecule has 0 aromatic carbocycles. The van der Waals surface area contributed by atoms with Crippen LogP contribution in [-0.4, -0.2) is 23.7 Å². The normalized spacial score (nSPS) is 24.6. The highest BCUT2D eigenvalue weighted by Gasteiger charge is 2.26. The first-order valence-corrected chi connectivity index (χ1v) is 6.19. The third-order valence-corrected chi connectivity index (χ3v) is 3.42. The zero-order chi connectivity index (χ0) is 12.3. The van der Waals surface area contributed by atoms with Gasteiger partial charge in [0.05, 0.1) is 0 Å². The van der Waals surface area contributed by atoms with E-state index in [1.165, 1.54) is 0 Å². The van der Waals surface area contributed by atoms with Gasteiger partial charge in [-0.3, -0.25) is 4.79 Å². The minimum absolute atomic E-state index is 0.0756. The Morgan fingerprint density at radius 2 is 2.24 bits per heavy atom. The van der Waals surface area contributed by atoms with Crippen molar-refractivity contribution in [3.63, 3.8) is 0 Å². The molecule has 1 aliphatic carbocycles. The lowest BCUT2D eigenvalue weighted by atomic mass is 9.85. The van der Waals surface area contributed by atoms with Crippen molar-refractivity contribution in [1.29, 1.82) is 0 Å². The third kappa shape index (κ3) is 2.88. The highest BCUT2D eigenvalue weighted by atomic mass is 16.3. The Kier molecular flexibility index (Phi) is 3.84. The molecule has 1 aliphatic rings. The topological polar surface area (TPSA) is 62.5 Å². The number of carbonyl (C=O) groups excluding carboxylic acids is 1. The van der Waals surface area contributed by atoms with E-state index in [1.54, 1.807) is 12.1 Å². The molecule has 0 bridgehead atoms. The molecule has 1 fully saturated rings. The first-order chi connectivity index (χ1) is 8.20. The molecule has 2 N–H and O–H groups in total. The standard InChI is InChI=1S/C13H19NO3/c1-9-6-7-12(17-9)13(16)14-11-5-3-2-4-10(11)8-15/h6-7,10-11,15H,2-5,8H2,1H3,(H,14,16). The molecule has 4 nitrogen and oxygen atoms in total. The van der Waals surface area contributed by atoms with Crippen molar-refractivity contribution in [2.75, 3.05) is 6.61 Å². The summed E-state index contributed by atoms with van der Waals surface area (Å²) in [4.78, 5) is 11.9. The molecule has 0 aliphatic heterocycles. The molecule has 4 heteroatoms. The van der Waals surface area contributed by atoms with Crippen LogP contribution in [0.15, 0.2) is 16.5 Å². The molecule has 1 aromatic heterocycles. The second-order valence-corrected chi connectivity index (χ2v) is 4.72. The van der Waals surface area contributed by atoms with E-state index in [0.717, 1.165) is 31.4 Å². The Bertz CT molecular complexity index is 386. The van der Waals surface area contributed by atoms with Crippen LogP contribution in [0.25, 0.3) is 0 Å². The largest absolute Gasteiger partial charge is 0.456 e. The van der Waals surface area contributed by atoms with E-state index in [9.17, 15) is 9.90 Å². The maximum Gasteiger partial charge on any atom is 0.287 e. The molecular formula is C13H19NO3. The minimum atomic E-state index is -0.177. The molecule has 0 radical (unpaired) electrons. The molecule has 0 saturated heterocycles. The lowest BCUT2D eigenvalue weighted by molar-refractivity contribution is 0.0844. The number of aryl methyl sites for hydroxylation is 1. The van der Waals surface area contributed by atoms with Crippen LogP contribution in [0.4, 0.5) is 0 Å². The van der Waals surface area contributed by atoms with Crippen molar-refractivity contribution >= 4 is 5.91 Å². The monoisotopic (exact) mass is 237 g/mol. The fourth-order valence-corrected chi connectivity index (χ4v) is 2.41. The SMILES string of the molecule is Cc1ccc(C(=O)NC2CCCCC2CO)o1. The van der Waals surface area contributed by atoms with Gasteiger partial charge in [0.1, 0.15) is 5.76 Å². The quantitative estimate of drug-likeness (QED) is 0.843. The van der Waals surface area contributed by atoms with E-state index in [2.05, 4.69) is 5.32 Å². The summed E-state index contributed by atoms with van der Waals surface area (Å²) in [5, 5.41) is 12.2. The lowest BCUT2D eigenvalue weighted by Crippen LogP contribution is -2.43. The Morgan fingerprint density at radius 3 is 2.88 bits per heavy atom. The third-order valence-electron chi connectivity index (χ3n) is 3.42. The average Bonchev–Trinajstić information content (AvgIpc) is 2.77. The maximum atomic E-state index is 11.9. The van der Waals surface area contributed by atoms with Crippen molar-refractivity contribution in [1.82, 2.24) is 5.32 Å². The van der Waals surface area contributed by atoms with E-state index in [-0.39, 0.29) is 24.5 Å². The zero-order valence-electron chi connectivity index (χ0n) is 10.1. The lowest BCUT2D eigenvalue weighted by Gasteiger charge is -2.30. The Morgan fingerprint density at radius 1 is 1.47 bits per heavy atom. The second-order valence-electron chi connectivity index (χ2n) is 4.72. The summed E-state index contributed by atoms with van der Waals surface area (Å²) in [7, 11) is 0. The highest BCUT2D eigenvalue weighted by Crippen LogP contribution is 2.24. The summed E-state index contributed by atoms with van der Waals surface area (Å²) in [6.45, 7) is 1.95. The summed E-state index contributed by atoms with van der Waals surface area (Å²) in [5.74, 6) is 1.09. The number of nitrogens with one attached hydrogen (secondary N) is 1. The zero-order valence-corrected chi connectivity index (χ0v) is 10.1. The van der Waals surface area contributed by atoms with Crippen molar-refractivity contribution in [2.24, 2.45) is 5.92 Å². The van der Waals surface area contributed by atoms with Crippen LogP contribution < -0.4 is 5.32 Å². The van der Waals surface area contributed by atoms with Crippen LogP contribution in [0.2, 0.25) is 0 Å². The molecule has 2 atom stereocenters. The minimum Gasteiger partial charge on any atom is -0.456 e. The van der Waals surface area contributed by atoms with E-state index < -0.39 is 0 Å². The van der Waals surface area contributed by atoms with Gasteiger partial charge in [-0.2, -0.15) is 0 Å². The smallest absolute Gasteiger partial charge is 0.287 e. The first kappa shape index (κ1) is 12.2. The van der Waals surface area contributed by atoms with Crippen LogP contribution in [0.1, 0.15) is 42.0 Å². The van der Waals surface area contributed by atoms with Gasteiger partial charge in [0, 0.05) is 18.6 Å². The molecule has 1 aromatic rings. The molecule has 1 saturated carbocycles. The highest BCUT2D eigenvalue weighted by molar-refractivity contribution is 5.91. The van der Waals surface area contributed by atoms with E-state index in [4.69, 9.17) is 4.42 Å². The Labute approximate surface area is 101 Å². The van der Waals surface area contributed by atoms with E-state index in [0.29, 0.717) is 5.76 Å². The number of amides is 1. The predicted octanol–water partition coefficient (Wildman–Crippen LogP) is 1.87. The van der Waals surface area contributed by atoms with Gasteiger partial charge in [-0.25, -0.2) is 0 Å². The van der Waals surface area contributed by atoms with Crippen LogP contribution in [0.5, 0.6) is 0 Å². The molecule has 17 heavy (non-hydrogen) atoms. The van der Waals surface area contributed by atoms with E-state index >= 15 is 0 Å². The average molecular weight is 237 g/mol. The van der Waals surface area contributed by atoms with Gasteiger partial charge in [-0.05, 0) is 31.9 Å². The van der Waals surface area contributed by atoms with Crippen molar-refractivity contribution in [3.05, 3.63) is 23.7 Å². The molecule has 1 amide bonds. The van der Waals surface area contributed by atoms with Gasteiger partial charge in [0.15, 0.2) is 5.76 Å². The van der Waals surface area contributed by atoms with Gasteiger partial charge in [-0.1, -0.05) is 12.8 Å². The molecule has 2 unspecified atom stereocenters. The van der Waals surface area contributed by atoms with Gasteiger partial charge < -0.3 is 14.8 Å². The van der Waals surface area contributed by atoms with Crippen molar-refractivity contribution < 1.29 is 14.3 Å². The summed E-state index contributed by atoms with van der Waals surface area (Å²) < 4.78 is 5.28. The van der Waals surface area contributed by atoms with Gasteiger partial charge in [-0.15, -0.1) is 0 Å². The second kappa shape index (κ2) is 5.36. The van der Waals surface area contributed by atoms with Crippen LogP contribution in [0, 0.1) is 12.8 Å². The van der Waals surface area contributed by atoms with Crippen molar-refractivity contribution in [3.8, 4) is 0 Å². The van der Waals surface area contributed by atoms with E-state index in [1.807, 2.05) is 6.92 Å². The number of rotatable bonds is 3. The predicted molar refractivity (Wildman–Crippen MR) is 63.7 cm³/mol. The van der Waals surface area contributed by atoms with Gasteiger partial charge in [0.25, 0.3) is 5.91 Å². The van der Waals surface area contributed by atoms with Crippen LogP contribution >= 0.6 is 0 Å². The maximum absolute atomic E-state index is 11.9. The number of hydrogen-bond donors (Lipinski definition) is 2. The summed E-state index contributed by atoms with van der Waals surface area (Å²) >= 11 is 0. The summed E-state index contributed by atoms with van der Waals surface area (Å²) in [6, 6.07) is 3.53. The fourth-order valence-electron chi connectivity index (χ4n) is 2.41. The molecule has 94 valence electrons. The number of carbonyl (C=O) groups is 1. The summed E-state index contributed by atoms with van der Waals surface area (Å²) in [5.41, 5.74) is 0. The van der Waals surface area contributed by atoms with Gasteiger partial charge in [0.2, 0.25) is 0 Å². The molecular weight excluding hydrogens is 218 g/mol. The molecule has 0 spiro atoms. The van der Waals surface area contributed by atoms with Crippen LogP contribution in [-0.2, 0) is 0 Å². The van der Waals surface area contributed by atoms with Gasteiger partial charge >= 0.3 is 0 Å². The number of hydrogen-bond acceptors (Lipinski definition) is 3. The summed E-state index contributed by atoms with van der Waals surface area (Å²) in [6.07, 6.45) is 4.17. The van der Waals surface area contributed by atoms with Crippen molar-refractivity contribution in [2.45, 2.75) is 38.6 Å². The Hall–Kier alpha value is -1.29. The Balaban J connectivity index is 1.97. The number of aliphatic hydroxyl groups excluding tert-OH is 1. The number of furan rings is 1. The first-order valence-electron chi connectivity index (χ1n) is 6.19. The van der Waals surface area contributed by atoms with Crippen LogP contribution in [0.3, 0.4) is 0 Å². The molecule has 1 heterocycles. The fraction of sp³-hybridized carbons (Fsp3) is 0.615.